The standard InChI is InChI=1S/C12H16N2OS/c1-2-10(8-15)13-6-9-5-12-11(14-7-9)3-4-16-12/h3-5,7,10,13,15H,2,6,8H2,1H3. The van der Waals surface area contributed by atoms with E-state index in [-0.39, 0.29) is 12.6 Å². The number of fused-ring (bicyclic) bond motifs is 1. The van der Waals surface area contributed by atoms with Crippen LogP contribution in [0, 0.1) is 0 Å². The Balaban J connectivity index is 2.03. The van der Waals surface area contributed by atoms with Crippen molar-refractivity contribution >= 4 is 21.6 Å². The molecule has 2 rings (SSSR count). The summed E-state index contributed by atoms with van der Waals surface area (Å²) in [6.07, 6.45) is 2.83. The average Bonchev–Trinajstić information content (AvgIpc) is 2.77. The predicted octanol–water partition coefficient (Wildman–Crippen LogP) is 2.16. The lowest BCUT2D eigenvalue weighted by atomic mass is 10.2. The first-order valence-electron chi connectivity index (χ1n) is 5.50. The second kappa shape index (κ2) is 5.39. The molecule has 0 fully saturated rings. The molecule has 0 aliphatic carbocycles. The van der Waals surface area contributed by atoms with E-state index in [1.54, 1.807) is 11.3 Å². The number of nitrogens with one attached hydrogen (secondary N) is 1. The van der Waals surface area contributed by atoms with Crippen LogP contribution in [0.3, 0.4) is 0 Å². The van der Waals surface area contributed by atoms with Gasteiger partial charge in [-0.1, -0.05) is 6.92 Å². The van der Waals surface area contributed by atoms with Crippen molar-refractivity contribution in [3.8, 4) is 0 Å². The van der Waals surface area contributed by atoms with Crippen LogP contribution < -0.4 is 5.32 Å². The van der Waals surface area contributed by atoms with E-state index in [1.807, 2.05) is 12.3 Å². The van der Waals surface area contributed by atoms with Crippen LogP contribution in [0.15, 0.2) is 23.7 Å². The molecule has 2 aromatic rings. The Bertz CT molecular complexity index is 451. The summed E-state index contributed by atoms with van der Waals surface area (Å²) in [7, 11) is 0. The van der Waals surface area contributed by atoms with Crippen molar-refractivity contribution in [3.05, 3.63) is 29.3 Å². The van der Waals surface area contributed by atoms with Crippen LogP contribution in [0.2, 0.25) is 0 Å². The predicted molar refractivity (Wildman–Crippen MR) is 67.6 cm³/mol. The van der Waals surface area contributed by atoms with Crippen LogP contribution in [0.1, 0.15) is 18.9 Å². The molecule has 1 unspecified atom stereocenters. The number of aromatic nitrogens is 1. The monoisotopic (exact) mass is 236 g/mol. The van der Waals surface area contributed by atoms with Gasteiger partial charge in [0.2, 0.25) is 0 Å². The molecule has 0 aromatic carbocycles. The molecule has 0 aliphatic heterocycles. The maximum absolute atomic E-state index is 9.07. The summed E-state index contributed by atoms with van der Waals surface area (Å²) in [6.45, 7) is 3.01. The molecule has 0 saturated heterocycles. The lowest BCUT2D eigenvalue weighted by molar-refractivity contribution is 0.238. The molecular formula is C12H16N2OS. The quantitative estimate of drug-likeness (QED) is 0.836. The van der Waals surface area contributed by atoms with Crippen molar-refractivity contribution in [2.45, 2.75) is 25.9 Å². The minimum atomic E-state index is 0.180. The normalized spacial score (nSPS) is 13.1. The van der Waals surface area contributed by atoms with Gasteiger partial charge in [-0.3, -0.25) is 4.98 Å². The molecule has 2 aromatic heterocycles. The van der Waals surface area contributed by atoms with Gasteiger partial charge in [-0.05, 0) is 29.5 Å². The zero-order valence-corrected chi connectivity index (χ0v) is 10.1. The third kappa shape index (κ3) is 2.58. The van der Waals surface area contributed by atoms with Crippen LogP contribution in [0.5, 0.6) is 0 Å². The van der Waals surface area contributed by atoms with E-state index in [2.05, 4.69) is 28.7 Å². The summed E-state index contributed by atoms with van der Waals surface area (Å²) in [5, 5.41) is 14.4. The summed E-state index contributed by atoms with van der Waals surface area (Å²) in [4.78, 5) is 4.38. The fraction of sp³-hybridized carbons (Fsp3) is 0.417. The van der Waals surface area contributed by atoms with Gasteiger partial charge in [0.15, 0.2) is 0 Å². The van der Waals surface area contributed by atoms with Crippen molar-refractivity contribution in [3.63, 3.8) is 0 Å². The number of aliphatic hydroxyl groups excluding tert-OH is 1. The zero-order valence-electron chi connectivity index (χ0n) is 9.31. The molecule has 3 nitrogen and oxygen atoms in total. The van der Waals surface area contributed by atoms with E-state index in [0.29, 0.717) is 0 Å². The summed E-state index contributed by atoms with van der Waals surface area (Å²) in [5.74, 6) is 0. The van der Waals surface area contributed by atoms with Gasteiger partial charge in [-0.2, -0.15) is 0 Å². The van der Waals surface area contributed by atoms with Gasteiger partial charge in [0, 0.05) is 18.8 Å². The Hall–Kier alpha value is -0.970. The lowest BCUT2D eigenvalue weighted by Crippen LogP contribution is -2.31. The topological polar surface area (TPSA) is 45.1 Å². The average molecular weight is 236 g/mol. The van der Waals surface area contributed by atoms with Gasteiger partial charge in [0.25, 0.3) is 0 Å². The van der Waals surface area contributed by atoms with E-state index in [9.17, 15) is 0 Å². The van der Waals surface area contributed by atoms with E-state index < -0.39 is 0 Å². The summed E-state index contributed by atoms with van der Waals surface area (Å²) in [5.41, 5.74) is 2.23. The van der Waals surface area contributed by atoms with Crippen LogP contribution in [0.25, 0.3) is 10.2 Å². The molecule has 2 heterocycles. The van der Waals surface area contributed by atoms with Gasteiger partial charge in [0.1, 0.15) is 0 Å². The van der Waals surface area contributed by atoms with Gasteiger partial charge < -0.3 is 10.4 Å². The zero-order chi connectivity index (χ0) is 11.4. The molecule has 16 heavy (non-hydrogen) atoms. The van der Waals surface area contributed by atoms with Gasteiger partial charge in [-0.25, -0.2) is 0 Å². The van der Waals surface area contributed by atoms with E-state index in [0.717, 1.165) is 18.5 Å². The number of hydrogen-bond donors (Lipinski definition) is 2. The highest BCUT2D eigenvalue weighted by Crippen LogP contribution is 2.19. The molecule has 2 N–H and O–H groups in total. The molecule has 86 valence electrons. The molecule has 0 aliphatic rings. The van der Waals surface area contributed by atoms with Crippen molar-refractivity contribution < 1.29 is 5.11 Å². The third-order valence-corrected chi connectivity index (χ3v) is 3.52. The van der Waals surface area contributed by atoms with Crippen molar-refractivity contribution in [1.82, 2.24) is 10.3 Å². The number of aliphatic hydroxyl groups is 1. The number of thiophene rings is 1. The largest absolute Gasteiger partial charge is 0.395 e. The molecule has 0 amide bonds. The van der Waals surface area contributed by atoms with E-state index in [1.165, 1.54) is 10.3 Å². The molecule has 0 spiro atoms. The minimum absolute atomic E-state index is 0.180. The maximum atomic E-state index is 9.07. The molecule has 0 radical (unpaired) electrons. The number of rotatable bonds is 5. The summed E-state index contributed by atoms with van der Waals surface area (Å²) < 4.78 is 1.22. The maximum Gasteiger partial charge on any atom is 0.0809 e. The third-order valence-electron chi connectivity index (χ3n) is 2.67. The van der Waals surface area contributed by atoms with Crippen LogP contribution in [-0.2, 0) is 6.54 Å². The molecule has 4 heteroatoms. The van der Waals surface area contributed by atoms with Crippen LogP contribution >= 0.6 is 11.3 Å². The first kappa shape index (κ1) is 11.5. The Morgan fingerprint density at radius 2 is 2.44 bits per heavy atom. The second-order valence-corrected chi connectivity index (χ2v) is 4.76. The van der Waals surface area contributed by atoms with Gasteiger partial charge in [-0.15, -0.1) is 11.3 Å². The minimum Gasteiger partial charge on any atom is -0.395 e. The molecule has 1 atom stereocenters. The van der Waals surface area contributed by atoms with E-state index >= 15 is 0 Å². The van der Waals surface area contributed by atoms with Crippen LogP contribution in [0.4, 0.5) is 0 Å². The highest BCUT2D eigenvalue weighted by atomic mass is 32.1. The Morgan fingerprint density at radius 1 is 1.56 bits per heavy atom. The first-order valence-corrected chi connectivity index (χ1v) is 6.37. The lowest BCUT2D eigenvalue weighted by Gasteiger charge is -2.13. The van der Waals surface area contributed by atoms with Gasteiger partial charge >= 0.3 is 0 Å². The van der Waals surface area contributed by atoms with E-state index in [4.69, 9.17) is 5.11 Å². The second-order valence-electron chi connectivity index (χ2n) is 3.82. The van der Waals surface area contributed by atoms with Crippen molar-refractivity contribution in [2.75, 3.05) is 6.61 Å². The Kier molecular flexibility index (Phi) is 3.88. The Morgan fingerprint density at radius 3 is 3.19 bits per heavy atom. The fourth-order valence-electron chi connectivity index (χ4n) is 1.58. The summed E-state index contributed by atoms with van der Waals surface area (Å²) in [6, 6.07) is 4.36. The highest BCUT2D eigenvalue weighted by Gasteiger charge is 2.04. The van der Waals surface area contributed by atoms with Gasteiger partial charge in [0.05, 0.1) is 16.8 Å². The van der Waals surface area contributed by atoms with Crippen molar-refractivity contribution in [1.29, 1.82) is 0 Å². The fourth-order valence-corrected chi connectivity index (χ4v) is 2.39. The number of nitrogens with zero attached hydrogens (tertiary/aromatic N) is 1. The molecular weight excluding hydrogens is 220 g/mol. The highest BCUT2D eigenvalue weighted by molar-refractivity contribution is 7.17. The number of pyridine rings is 1. The smallest absolute Gasteiger partial charge is 0.0809 e. The molecule has 0 saturated carbocycles. The Labute approximate surface area is 99.1 Å². The molecule has 0 bridgehead atoms. The SMILES string of the molecule is CCC(CO)NCc1cnc2ccsc2c1. The summed E-state index contributed by atoms with van der Waals surface area (Å²) >= 11 is 1.71. The first-order chi connectivity index (χ1) is 7.83. The van der Waals surface area contributed by atoms with Crippen LogP contribution in [-0.4, -0.2) is 22.7 Å². The van der Waals surface area contributed by atoms with Crippen molar-refractivity contribution in [2.24, 2.45) is 0 Å². The number of hydrogen-bond acceptors (Lipinski definition) is 4.